The maximum atomic E-state index is 13.4. The van der Waals surface area contributed by atoms with Gasteiger partial charge >= 0.3 is 12.1 Å². The van der Waals surface area contributed by atoms with E-state index in [4.69, 9.17) is 4.74 Å². The summed E-state index contributed by atoms with van der Waals surface area (Å²) in [6.07, 6.45) is -2.99. The van der Waals surface area contributed by atoms with Gasteiger partial charge in [0.15, 0.2) is 0 Å². The van der Waals surface area contributed by atoms with E-state index in [1.165, 1.54) is 12.1 Å². The predicted molar refractivity (Wildman–Crippen MR) is 150 cm³/mol. The highest BCUT2D eigenvalue weighted by Crippen LogP contribution is 2.37. The van der Waals surface area contributed by atoms with Crippen molar-refractivity contribution in [1.82, 2.24) is 4.90 Å². The van der Waals surface area contributed by atoms with Gasteiger partial charge in [-0.2, -0.15) is 13.2 Å². The third kappa shape index (κ3) is 7.01. The molecule has 0 N–H and O–H groups in total. The number of esters is 1. The van der Waals surface area contributed by atoms with Crippen molar-refractivity contribution in [2.24, 2.45) is 0 Å². The minimum absolute atomic E-state index is 0.165. The molecule has 1 atom stereocenters. The Bertz CT molecular complexity index is 1220. The van der Waals surface area contributed by atoms with Crippen molar-refractivity contribution in [3.8, 4) is 11.1 Å². The van der Waals surface area contributed by atoms with E-state index in [-0.39, 0.29) is 17.6 Å². The fraction of sp³-hybridized carbons (Fsp3) is 0.406. The van der Waals surface area contributed by atoms with Crippen LogP contribution < -0.4 is 4.90 Å². The van der Waals surface area contributed by atoms with Crippen LogP contribution in [0.1, 0.15) is 44.7 Å². The maximum Gasteiger partial charge on any atom is 0.417 e. The summed E-state index contributed by atoms with van der Waals surface area (Å²) in [5.41, 5.74) is 1.42. The number of benzene rings is 3. The molecule has 4 nitrogen and oxygen atoms in total. The van der Waals surface area contributed by atoms with Gasteiger partial charge < -0.3 is 9.64 Å². The first-order valence-electron chi connectivity index (χ1n) is 13.6. The van der Waals surface area contributed by atoms with Gasteiger partial charge in [-0.25, -0.2) is 0 Å². The highest BCUT2D eigenvalue weighted by Gasteiger charge is 2.37. The zero-order valence-corrected chi connectivity index (χ0v) is 22.9. The summed E-state index contributed by atoms with van der Waals surface area (Å²) in [6.45, 7) is 10.1. The van der Waals surface area contributed by atoms with Crippen LogP contribution in [0.4, 0.5) is 18.9 Å². The number of hydrogen-bond donors (Lipinski definition) is 0. The molecule has 4 rings (SSSR count). The van der Waals surface area contributed by atoms with Crippen LogP contribution in [-0.4, -0.2) is 49.7 Å². The molecule has 1 heterocycles. The highest BCUT2D eigenvalue weighted by molar-refractivity contribution is 5.82. The monoisotopic (exact) mass is 538 g/mol. The average molecular weight is 539 g/mol. The molecule has 1 unspecified atom stereocenters. The maximum absolute atomic E-state index is 13.4. The zero-order valence-electron chi connectivity index (χ0n) is 22.9. The molecule has 1 aliphatic rings. The molecule has 1 fully saturated rings. The molecule has 0 saturated carbocycles. The molecule has 0 bridgehead atoms. The Morgan fingerprint density at radius 1 is 0.872 bits per heavy atom. The number of halogens is 3. The molecule has 0 aromatic heterocycles. The van der Waals surface area contributed by atoms with Crippen LogP contribution in [-0.2, 0) is 21.1 Å². The summed E-state index contributed by atoms with van der Waals surface area (Å²) in [5.74, 6) is -0.185. The number of ether oxygens (including phenoxy) is 1. The van der Waals surface area contributed by atoms with E-state index in [1.807, 2.05) is 63.2 Å². The lowest BCUT2D eigenvalue weighted by Crippen LogP contribution is -2.47. The lowest BCUT2D eigenvalue weighted by atomic mass is 9.78. The fourth-order valence-corrected chi connectivity index (χ4v) is 5.23. The van der Waals surface area contributed by atoms with Gasteiger partial charge in [-0.3, -0.25) is 9.69 Å². The van der Waals surface area contributed by atoms with Gasteiger partial charge in [-0.1, -0.05) is 60.7 Å². The summed E-state index contributed by atoms with van der Waals surface area (Å²) in [4.78, 5) is 17.7. The number of carbonyl (C=O) groups excluding carboxylic acids is 1. The third-order valence-corrected chi connectivity index (χ3v) is 7.50. The Morgan fingerprint density at radius 2 is 1.49 bits per heavy atom. The topological polar surface area (TPSA) is 32.8 Å². The van der Waals surface area contributed by atoms with Crippen molar-refractivity contribution in [1.29, 1.82) is 0 Å². The van der Waals surface area contributed by atoms with Crippen LogP contribution in [0.15, 0.2) is 78.9 Å². The summed E-state index contributed by atoms with van der Waals surface area (Å²) in [5, 5.41) is 0. The second-order valence-electron chi connectivity index (χ2n) is 10.7. The molecule has 7 heteroatoms. The van der Waals surface area contributed by atoms with Gasteiger partial charge in [0, 0.05) is 31.9 Å². The van der Waals surface area contributed by atoms with Crippen molar-refractivity contribution in [2.45, 2.75) is 51.3 Å². The van der Waals surface area contributed by atoms with Crippen LogP contribution >= 0.6 is 0 Å². The SMILES string of the molecule is CC(C)OC(=O)C(C)(CCCN1CCN(c2ccc(-c3ccccc3C(F)(F)F)cc2)CC1)c1ccccc1. The van der Waals surface area contributed by atoms with Crippen molar-refractivity contribution in [2.75, 3.05) is 37.6 Å². The first-order valence-corrected chi connectivity index (χ1v) is 13.6. The molecular formula is C32H37F3N2O2. The summed E-state index contributed by atoms with van der Waals surface area (Å²) in [7, 11) is 0. The number of nitrogens with zero attached hydrogens (tertiary/aromatic N) is 2. The van der Waals surface area contributed by atoms with E-state index in [0.717, 1.165) is 56.5 Å². The first kappa shape index (κ1) is 28.7. The van der Waals surface area contributed by atoms with Crippen molar-refractivity contribution in [3.05, 3.63) is 90.0 Å². The van der Waals surface area contributed by atoms with E-state index in [1.54, 1.807) is 18.2 Å². The number of carbonyl (C=O) groups is 1. The van der Waals surface area contributed by atoms with Crippen LogP contribution in [0, 0.1) is 0 Å². The molecule has 0 radical (unpaired) electrons. The fourth-order valence-electron chi connectivity index (χ4n) is 5.23. The van der Waals surface area contributed by atoms with Gasteiger partial charge in [-0.05, 0) is 75.0 Å². The number of anilines is 1. The van der Waals surface area contributed by atoms with Crippen LogP contribution in [0.5, 0.6) is 0 Å². The Morgan fingerprint density at radius 3 is 2.10 bits per heavy atom. The Hall–Kier alpha value is -3.32. The Balaban J connectivity index is 1.33. The smallest absolute Gasteiger partial charge is 0.417 e. The quantitative estimate of drug-likeness (QED) is 0.270. The van der Waals surface area contributed by atoms with Gasteiger partial charge in [0.2, 0.25) is 0 Å². The summed E-state index contributed by atoms with van der Waals surface area (Å²) in [6, 6.07) is 22.9. The first-order chi connectivity index (χ1) is 18.6. The highest BCUT2D eigenvalue weighted by atomic mass is 19.4. The summed E-state index contributed by atoms with van der Waals surface area (Å²) < 4.78 is 45.9. The zero-order chi connectivity index (χ0) is 28.0. The van der Waals surface area contributed by atoms with Crippen LogP contribution in [0.2, 0.25) is 0 Å². The number of rotatable bonds is 9. The van der Waals surface area contributed by atoms with Gasteiger partial charge in [0.1, 0.15) is 0 Å². The van der Waals surface area contributed by atoms with Gasteiger partial charge in [-0.15, -0.1) is 0 Å². The second kappa shape index (κ2) is 12.2. The largest absolute Gasteiger partial charge is 0.462 e. The van der Waals surface area contributed by atoms with E-state index in [9.17, 15) is 18.0 Å². The van der Waals surface area contributed by atoms with Crippen LogP contribution in [0.3, 0.4) is 0 Å². The van der Waals surface area contributed by atoms with Gasteiger partial charge in [0.05, 0.1) is 17.1 Å². The molecule has 3 aromatic rings. The number of piperazine rings is 1. The van der Waals surface area contributed by atoms with E-state index in [2.05, 4.69) is 9.80 Å². The second-order valence-corrected chi connectivity index (χ2v) is 10.7. The van der Waals surface area contributed by atoms with Gasteiger partial charge in [0.25, 0.3) is 0 Å². The number of alkyl halides is 3. The Kier molecular flexibility index (Phi) is 9.01. The van der Waals surface area contributed by atoms with Crippen molar-refractivity contribution in [3.63, 3.8) is 0 Å². The number of hydrogen-bond acceptors (Lipinski definition) is 4. The van der Waals surface area contributed by atoms with Crippen molar-refractivity contribution >= 4 is 11.7 Å². The van der Waals surface area contributed by atoms with Crippen molar-refractivity contribution < 1.29 is 22.7 Å². The molecule has 0 spiro atoms. The average Bonchev–Trinajstić information content (AvgIpc) is 2.93. The predicted octanol–water partition coefficient (Wildman–Crippen LogP) is 7.18. The van der Waals surface area contributed by atoms with Crippen LogP contribution in [0.25, 0.3) is 11.1 Å². The lowest BCUT2D eigenvalue weighted by molar-refractivity contribution is -0.154. The van der Waals surface area contributed by atoms with E-state index < -0.39 is 17.2 Å². The molecule has 0 aliphatic carbocycles. The minimum Gasteiger partial charge on any atom is -0.462 e. The van der Waals surface area contributed by atoms with E-state index in [0.29, 0.717) is 12.0 Å². The normalized spacial score (nSPS) is 16.2. The molecule has 0 amide bonds. The third-order valence-electron chi connectivity index (χ3n) is 7.50. The molecule has 1 saturated heterocycles. The minimum atomic E-state index is -4.39. The molecule has 208 valence electrons. The lowest BCUT2D eigenvalue weighted by Gasteiger charge is -2.37. The standard InChI is InChI=1S/C32H37F3N2O2/c1-24(2)39-30(38)31(3,26-10-5-4-6-11-26)18-9-19-36-20-22-37(23-21-36)27-16-14-25(15-17-27)28-12-7-8-13-29(28)32(33,34)35/h4-8,10-17,24H,9,18-23H2,1-3H3. The van der Waals surface area contributed by atoms with E-state index >= 15 is 0 Å². The molecule has 39 heavy (non-hydrogen) atoms. The molecule has 1 aliphatic heterocycles. The molecule has 3 aromatic carbocycles. The molecular weight excluding hydrogens is 501 g/mol. The summed E-state index contributed by atoms with van der Waals surface area (Å²) >= 11 is 0. The Labute approximate surface area is 229 Å².